The Morgan fingerprint density at radius 3 is 2.24 bits per heavy atom. The molecule has 2 rings (SSSR count). The Kier molecular flexibility index (Phi) is 6.30. The van der Waals surface area contributed by atoms with Crippen molar-refractivity contribution in [2.24, 2.45) is 0 Å². The zero-order valence-corrected chi connectivity index (χ0v) is 15.2. The first kappa shape index (κ1) is 18.7. The van der Waals surface area contributed by atoms with Crippen molar-refractivity contribution in [3.8, 4) is 17.2 Å². The normalized spacial score (nSPS) is 11.9. The minimum absolute atomic E-state index is 0.0148. The molecule has 136 valence electrons. The number of amides is 1. The molecule has 0 saturated heterocycles. The molecule has 0 radical (unpaired) electrons. The topological polar surface area (TPSA) is 74.4 Å². The molecular weight excluding hydrogens is 324 g/mol. The highest BCUT2D eigenvalue weighted by Gasteiger charge is 2.23. The van der Waals surface area contributed by atoms with Crippen molar-refractivity contribution in [3.63, 3.8) is 0 Å². The van der Waals surface area contributed by atoms with E-state index >= 15 is 0 Å². The van der Waals surface area contributed by atoms with Gasteiger partial charge in [0.25, 0.3) is 5.91 Å². The second-order valence-corrected chi connectivity index (χ2v) is 5.77. The first-order valence-corrected chi connectivity index (χ1v) is 7.93. The van der Waals surface area contributed by atoms with Gasteiger partial charge in [0.1, 0.15) is 0 Å². The predicted molar refractivity (Wildman–Crippen MR) is 92.7 cm³/mol. The van der Waals surface area contributed by atoms with Crippen molar-refractivity contribution in [1.29, 1.82) is 0 Å². The Balaban J connectivity index is 2.17. The third-order valence-electron chi connectivity index (χ3n) is 3.98. The zero-order chi connectivity index (χ0) is 18.4. The molecule has 7 nitrogen and oxygen atoms in total. The van der Waals surface area contributed by atoms with E-state index in [0.717, 1.165) is 10.7 Å². The standard InChI is InChI=1S/C18H24N2O5/c1-20(2)13(14-7-6-8-25-14)11-19-18(21)12-9-15(22-3)17(24-5)16(10-12)23-4/h6-10,13H,11H2,1-5H3,(H,19,21)/p+1/t13-/m1/s1. The van der Waals surface area contributed by atoms with Crippen molar-refractivity contribution in [3.05, 3.63) is 41.9 Å². The first-order valence-electron chi connectivity index (χ1n) is 7.93. The van der Waals surface area contributed by atoms with Gasteiger partial charge >= 0.3 is 0 Å². The fraction of sp³-hybridized carbons (Fsp3) is 0.389. The molecule has 2 N–H and O–H groups in total. The van der Waals surface area contributed by atoms with Gasteiger partial charge in [0.05, 0.1) is 48.2 Å². The molecule has 1 heterocycles. The van der Waals surface area contributed by atoms with E-state index in [0.29, 0.717) is 29.4 Å². The molecule has 2 aromatic rings. The van der Waals surface area contributed by atoms with Gasteiger partial charge < -0.3 is 28.8 Å². The SMILES string of the molecule is COc1cc(C(=O)NC[C@H](c2ccco2)[NH+](C)C)cc(OC)c1OC. The molecule has 7 heteroatoms. The van der Waals surface area contributed by atoms with Crippen LogP contribution >= 0.6 is 0 Å². The summed E-state index contributed by atoms with van der Waals surface area (Å²) < 4.78 is 21.3. The van der Waals surface area contributed by atoms with Crippen LogP contribution in [0.4, 0.5) is 0 Å². The van der Waals surface area contributed by atoms with Crippen molar-refractivity contribution >= 4 is 5.91 Å². The minimum atomic E-state index is -0.225. The van der Waals surface area contributed by atoms with E-state index < -0.39 is 0 Å². The third kappa shape index (κ3) is 4.24. The van der Waals surface area contributed by atoms with Crippen LogP contribution in [-0.4, -0.2) is 47.9 Å². The average molecular weight is 349 g/mol. The van der Waals surface area contributed by atoms with Crippen LogP contribution in [0.15, 0.2) is 34.9 Å². The Labute approximate surface area is 147 Å². The van der Waals surface area contributed by atoms with Crippen molar-refractivity contribution in [2.75, 3.05) is 42.0 Å². The van der Waals surface area contributed by atoms with Crippen LogP contribution in [0, 0.1) is 0 Å². The maximum absolute atomic E-state index is 12.6. The summed E-state index contributed by atoms with van der Waals surface area (Å²) in [6.07, 6.45) is 1.63. The monoisotopic (exact) mass is 349 g/mol. The molecule has 0 spiro atoms. The highest BCUT2D eigenvalue weighted by Crippen LogP contribution is 2.38. The number of quaternary nitrogens is 1. The van der Waals surface area contributed by atoms with Gasteiger partial charge in [-0.3, -0.25) is 4.79 Å². The number of carbonyl (C=O) groups is 1. The minimum Gasteiger partial charge on any atom is -0.493 e. The maximum atomic E-state index is 12.6. The highest BCUT2D eigenvalue weighted by molar-refractivity contribution is 5.95. The number of rotatable bonds is 8. The van der Waals surface area contributed by atoms with Crippen molar-refractivity contribution in [2.45, 2.75) is 6.04 Å². The summed E-state index contributed by atoms with van der Waals surface area (Å²) in [5.41, 5.74) is 0.432. The van der Waals surface area contributed by atoms with Gasteiger partial charge in [0.15, 0.2) is 23.3 Å². The molecule has 0 aliphatic carbocycles. The Morgan fingerprint density at radius 1 is 1.16 bits per heavy atom. The predicted octanol–water partition coefficient (Wildman–Crippen LogP) is 0.921. The highest BCUT2D eigenvalue weighted by atomic mass is 16.5. The number of ether oxygens (including phenoxy) is 3. The molecular formula is C18H25N2O5+. The fourth-order valence-electron chi connectivity index (χ4n) is 2.59. The number of carbonyl (C=O) groups excluding carboxylic acids is 1. The van der Waals surface area contributed by atoms with E-state index in [1.807, 2.05) is 26.2 Å². The molecule has 0 unspecified atom stereocenters. The Hall–Kier alpha value is -2.67. The second-order valence-electron chi connectivity index (χ2n) is 5.77. The summed E-state index contributed by atoms with van der Waals surface area (Å²) in [6.45, 7) is 0.436. The summed E-state index contributed by atoms with van der Waals surface area (Å²) in [6, 6.07) is 7.01. The molecule has 25 heavy (non-hydrogen) atoms. The van der Waals surface area contributed by atoms with E-state index in [2.05, 4.69) is 5.32 Å². The number of furan rings is 1. The van der Waals surface area contributed by atoms with Crippen LogP contribution in [0.25, 0.3) is 0 Å². The Morgan fingerprint density at radius 2 is 1.80 bits per heavy atom. The van der Waals surface area contributed by atoms with Crippen LogP contribution in [-0.2, 0) is 0 Å². The number of hydrogen-bond donors (Lipinski definition) is 2. The van der Waals surface area contributed by atoms with Gasteiger partial charge in [0, 0.05) is 5.56 Å². The number of methoxy groups -OCH3 is 3. The molecule has 0 aliphatic heterocycles. The molecule has 1 amide bonds. The number of hydrogen-bond acceptors (Lipinski definition) is 5. The van der Waals surface area contributed by atoms with Gasteiger partial charge in [-0.2, -0.15) is 0 Å². The van der Waals surface area contributed by atoms with Crippen LogP contribution in [0.3, 0.4) is 0 Å². The van der Waals surface area contributed by atoms with E-state index in [9.17, 15) is 4.79 Å². The van der Waals surface area contributed by atoms with E-state index in [-0.39, 0.29) is 11.9 Å². The molecule has 1 aromatic heterocycles. The van der Waals surface area contributed by atoms with Gasteiger partial charge in [-0.05, 0) is 24.3 Å². The lowest BCUT2D eigenvalue weighted by Gasteiger charge is -2.20. The summed E-state index contributed by atoms with van der Waals surface area (Å²) in [4.78, 5) is 13.7. The molecule has 0 fully saturated rings. The van der Waals surface area contributed by atoms with E-state index in [1.54, 1.807) is 18.4 Å². The van der Waals surface area contributed by atoms with Gasteiger partial charge in [-0.15, -0.1) is 0 Å². The summed E-state index contributed by atoms with van der Waals surface area (Å²) >= 11 is 0. The smallest absolute Gasteiger partial charge is 0.251 e. The van der Waals surface area contributed by atoms with Crippen LogP contribution < -0.4 is 24.4 Å². The van der Waals surface area contributed by atoms with Crippen LogP contribution in [0.2, 0.25) is 0 Å². The zero-order valence-electron chi connectivity index (χ0n) is 15.2. The fourth-order valence-corrected chi connectivity index (χ4v) is 2.59. The lowest BCUT2D eigenvalue weighted by molar-refractivity contribution is -0.891. The van der Waals surface area contributed by atoms with Gasteiger partial charge in [0.2, 0.25) is 5.75 Å². The summed E-state index contributed by atoms with van der Waals surface area (Å²) in [5, 5.41) is 2.94. The summed E-state index contributed by atoms with van der Waals surface area (Å²) in [7, 11) is 8.58. The lowest BCUT2D eigenvalue weighted by Crippen LogP contribution is -3.07. The van der Waals surface area contributed by atoms with Crippen molar-refractivity contribution in [1.82, 2.24) is 5.32 Å². The molecule has 0 bridgehead atoms. The number of benzene rings is 1. The molecule has 1 aromatic carbocycles. The first-order chi connectivity index (χ1) is 12.0. The Bertz CT molecular complexity index is 672. The van der Waals surface area contributed by atoms with Gasteiger partial charge in [-0.25, -0.2) is 0 Å². The third-order valence-corrected chi connectivity index (χ3v) is 3.98. The van der Waals surface area contributed by atoms with Crippen LogP contribution in [0.5, 0.6) is 17.2 Å². The largest absolute Gasteiger partial charge is 0.493 e. The number of likely N-dealkylation sites (N-methyl/N-ethyl adjacent to an activating group) is 1. The average Bonchev–Trinajstić information content (AvgIpc) is 3.14. The molecule has 0 aliphatic rings. The van der Waals surface area contributed by atoms with Gasteiger partial charge in [-0.1, -0.05) is 0 Å². The van der Waals surface area contributed by atoms with E-state index in [4.69, 9.17) is 18.6 Å². The quantitative estimate of drug-likeness (QED) is 0.741. The lowest BCUT2D eigenvalue weighted by atomic mass is 10.1. The number of nitrogens with one attached hydrogen (secondary N) is 2. The van der Waals surface area contributed by atoms with Crippen LogP contribution in [0.1, 0.15) is 22.2 Å². The summed E-state index contributed by atoms with van der Waals surface area (Å²) in [5.74, 6) is 1.93. The van der Waals surface area contributed by atoms with E-state index in [1.165, 1.54) is 21.3 Å². The van der Waals surface area contributed by atoms with Crippen molar-refractivity contribution < 1.29 is 28.3 Å². The molecule has 1 atom stereocenters. The molecule has 0 saturated carbocycles. The maximum Gasteiger partial charge on any atom is 0.251 e. The second kappa shape index (κ2) is 8.43.